The number of halogens is 1. The number of nitrogens with zero attached hydrogens (tertiary/aromatic N) is 6. The molecule has 0 bridgehead atoms. The molecule has 28 heavy (non-hydrogen) atoms. The summed E-state index contributed by atoms with van der Waals surface area (Å²) in [4.78, 5) is 4.41. The van der Waals surface area contributed by atoms with Crippen LogP contribution in [0.4, 0.5) is 0 Å². The van der Waals surface area contributed by atoms with Gasteiger partial charge in [-0.2, -0.15) is 15.5 Å². The monoisotopic (exact) mass is 390 g/mol. The van der Waals surface area contributed by atoms with Crippen LogP contribution >= 0.6 is 11.6 Å². The van der Waals surface area contributed by atoms with Crippen LogP contribution in [0.5, 0.6) is 5.75 Å². The van der Waals surface area contributed by atoms with Gasteiger partial charge in [0.15, 0.2) is 0 Å². The van der Waals surface area contributed by atoms with Gasteiger partial charge in [-0.25, -0.2) is 9.67 Å². The average Bonchev–Trinajstić information content (AvgIpc) is 3.40. The predicted octanol–water partition coefficient (Wildman–Crippen LogP) is 3.75. The molecule has 1 aliphatic carbocycles. The second-order valence-corrected chi connectivity index (χ2v) is 7.14. The number of hydrogen-bond acceptors (Lipinski definition) is 5. The Bertz CT molecular complexity index is 1250. The van der Waals surface area contributed by atoms with E-state index in [0.717, 1.165) is 46.4 Å². The summed E-state index contributed by atoms with van der Waals surface area (Å²) in [6.45, 7) is 0. The molecule has 138 valence electrons. The van der Waals surface area contributed by atoms with Gasteiger partial charge in [-0.3, -0.25) is 4.68 Å². The number of rotatable bonds is 3. The predicted molar refractivity (Wildman–Crippen MR) is 103 cm³/mol. The third kappa shape index (κ3) is 2.70. The Balaban J connectivity index is 1.49. The number of fused-ring (bicyclic) bond motifs is 2. The normalized spacial score (nSPS) is 15.5. The van der Waals surface area contributed by atoms with E-state index in [1.165, 1.54) is 0 Å². The molecule has 1 aliphatic rings. The molecular formula is C20H15ClN6O. The summed E-state index contributed by atoms with van der Waals surface area (Å²) >= 11 is 6.12. The molecule has 0 fully saturated rings. The average molecular weight is 391 g/mol. The topological polar surface area (TPSA) is 81.5 Å². The number of benzene rings is 1. The maximum absolute atomic E-state index is 9.13. The highest BCUT2D eigenvalue weighted by molar-refractivity contribution is 6.30. The zero-order valence-electron chi connectivity index (χ0n) is 15.0. The second kappa shape index (κ2) is 6.36. The van der Waals surface area contributed by atoms with Crippen molar-refractivity contribution in [2.75, 3.05) is 0 Å². The highest BCUT2D eigenvalue weighted by Gasteiger charge is 2.27. The Hall–Kier alpha value is -3.37. The van der Waals surface area contributed by atoms with E-state index >= 15 is 0 Å². The van der Waals surface area contributed by atoms with E-state index in [9.17, 15) is 0 Å². The van der Waals surface area contributed by atoms with Crippen molar-refractivity contribution >= 4 is 22.5 Å². The smallest absolute Gasteiger partial charge is 0.147 e. The molecule has 0 aliphatic heterocycles. The molecule has 1 unspecified atom stereocenters. The first-order valence-electron chi connectivity index (χ1n) is 8.85. The van der Waals surface area contributed by atoms with E-state index in [4.69, 9.17) is 21.6 Å². The quantitative estimate of drug-likeness (QED) is 0.497. The third-order valence-corrected chi connectivity index (χ3v) is 5.23. The number of aromatic nitrogens is 5. The summed E-state index contributed by atoms with van der Waals surface area (Å²) in [6, 6.07) is 9.78. The number of hydrogen-bond donors (Lipinski definition) is 0. The Labute approximate surface area is 165 Å². The van der Waals surface area contributed by atoms with Crippen molar-refractivity contribution in [3.63, 3.8) is 0 Å². The standard InChI is InChI=1S/C20H15ClN6O/c1-26-11-15(10-23-26)27-17-7-16(4-2-13(17)9-24-27)28-18-5-3-12-6-14(8-22)20(21)25-19(12)18/h2,4,6-7,9-11,18H,3,5H2,1H3. The molecule has 0 N–H and O–H groups in total. The van der Waals surface area contributed by atoms with Crippen LogP contribution in [-0.2, 0) is 13.5 Å². The first-order chi connectivity index (χ1) is 13.6. The van der Waals surface area contributed by atoms with Crippen LogP contribution in [-0.4, -0.2) is 24.5 Å². The lowest BCUT2D eigenvalue weighted by Crippen LogP contribution is -2.06. The van der Waals surface area contributed by atoms with E-state index < -0.39 is 0 Å². The van der Waals surface area contributed by atoms with Crippen LogP contribution in [0.25, 0.3) is 16.6 Å². The molecule has 1 atom stereocenters. The highest BCUT2D eigenvalue weighted by Crippen LogP contribution is 2.36. The van der Waals surface area contributed by atoms with E-state index in [2.05, 4.69) is 21.3 Å². The Morgan fingerprint density at radius 3 is 2.93 bits per heavy atom. The van der Waals surface area contributed by atoms with E-state index in [0.29, 0.717) is 5.56 Å². The van der Waals surface area contributed by atoms with Crippen molar-refractivity contribution in [2.45, 2.75) is 18.9 Å². The molecule has 3 heterocycles. The minimum Gasteiger partial charge on any atom is -0.484 e. The van der Waals surface area contributed by atoms with Gasteiger partial charge in [-0.05, 0) is 36.6 Å². The molecule has 0 spiro atoms. The molecule has 5 rings (SSSR count). The number of aryl methyl sites for hydroxylation is 2. The van der Waals surface area contributed by atoms with Gasteiger partial charge < -0.3 is 4.74 Å². The zero-order chi connectivity index (χ0) is 19.3. The van der Waals surface area contributed by atoms with Crippen LogP contribution in [0.3, 0.4) is 0 Å². The molecule has 8 heteroatoms. The molecule has 4 aromatic rings. The fraction of sp³-hybridized carbons (Fsp3) is 0.200. The Kier molecular flexibility index (Phi) is 3.81. The minimum atomic E-state index is -0.188. The SMILES string of the molecule is Cn1cc(-n2ncc3ccc(OC4CCc5cc(C#N)c(Cl)nc54)cc32)cn1. The molecule has 7 nitrogen and oxygen atoms in total. The fourth-order valence-corrected chi connectivity index (χ4v) is 3.79. The van der Waals surface area contributed by atoms with E-state index in [-0.39, 0.29) is 11.3 Å². The van der Waals surface area contributed by atoms with Crippen LogP contribution in [0.1, 0.15) is 29.3 Å². The molecule has 1 aromatic carbocycles. The summed E-state index contributed by atoms with van der Waals surface area (Å²) in [5, 5.41) is 19.1. The van der Waals surface area contributed by atoms with Gasteiger partial charge in [0.05, 0.1) is 35.4 Å². The highest BCUT2D eigenvalue weighted by atomic mass is 35.5. The first-order valence-corrected chi connectivity index (χ1v) is 9.23. The molecule has 0 amide bonds. The Morgan fingerprint density at radius 1 is 1.25 bits per heavy atom. The number of pyridine rings is 1. The fourth-order valence-electron chi connectivity index (χ4n) is 3.60. The van der Waals surface area contributed by atoms with Gasteiger partial charge in [-0.15, -0.1) is 0 Å². The van der Waals surface area contributed by atoms with Crippen molar-refractivity contribution in [1.82, 2.24) is 24.5 Å². The summed E-state index contributed by atoms with van der Waals surface area (Å²) in [7, 11) is 1.87. The van der Waals surface area contributed by atoms with Crippen LogP contribution in [0, 0.1) is 11.3 Å². The van der Waals surface area contributed by atoms with Crippen LogP contribution in [0.2, 0.25) is 5.15 Å². The van der Waals surface area contributed by atoms with E-state index in [1.807, 2.05) is 48.4 Å². The van der Waals surface area contributed by atoms with Gasteiger partial charge in [0, 0.05) is 18.5 Å². The van der Waals surface area contributed by atoms with Gasteiger partial charge in [0.2, 0.25) is 0 Å². The lowest BCUT2D eigenvalue weighted by molar-refractivity contribution is 0.203. The van der Waals surface area contributed by atoms with Gasteiger partial charge in [-0.1, -0.05) is 11.6 Å². The van der Waals surface area contributed by atoms with Gasteiger partial charge >= 0.3 is 0 Å². The Morgan fingerprint density at radius 2 is 2.14 bits per heavy atom. The second-order valence-electron chi connectivity index (χ2n) is 6.78. The van der Waals surface area contributed by atoms with Crippen molar-refractivity contribution in [2.24, 2.45) is 7.05 Å². The molecule has 0 radical (unpaired) electrons. The van der Waals surface area contributed by atoms with Crippen molar-refractivity contribution < 1.29 is 4.74 Å². The summed E-state index contributed by atoms with van der Waals surface area (Å²) in [5.41, 5.74) is 4.06. The number of ether oxygens (including phenoxy) is 1. The number of nitriles is 1. The lowest BCUT2D eigenvalue weighted by atomic mass is 10.1. The summed E-state index contributed by atoms with van der Waals surface area (Å²) in [6.07, 6.45) is 6.93. The first kappa shape index (κ1) is 16.8. The largest absolute Gasteiger partial charge is 0.484 e. The van der Waals surface area contributed by atoms with Gasteiger partial charge in [0.1, 0.15) is 28.8 Å². The minimum absolute atomic E-state index is 0.188. The lowest BCUT2D eigenvalue weighted by Gasteiger charge is -2.15. The van der Waals surface area contributed by atoms with Crippen molar-refractivity contribution in [1.29, 1.82) is 5.26 Å². The molecule has 3 aromatic heterocycles. The summed E-state index contributed by atoms with van der Waals surface area (Å²) < 4.78 is 9.82. The van der Waals surface area contributed by atoms with Crippen molar-refractivity contribution in [3.8, 4) is 17.5 Å². The maximum atomic E-state index is 9.13. The van der Waals surface area contributed by atoms with E-state index in [1.54, 1.807) is 10.9 Å². The maximum Gasteiger partial charge on any atom is 0.147 e. The van der Waals surface area contributed by atoms with Crippen LogP contribution < -0.4 is 4.74 Å². The third-order valence-electron chi connectivity index (χ3n) is 4.95. The van der Waals surface area contributed by atoms with Crippen LogP contribution in [0.15, 0.2) is 42.9 Å². The summed E-state index contributed by atoms with van der Waals surface area (Å²) in [5.74, 6) is 0.735. The van der Waals surface area contributed by atoms with Crippen molar-refractivity contribution in [3.05, 3.63) is 64.8 Å². The molecule has 0 saturated heterocycles. The zero-order valence-corrected chi connectivity index (χ0v) is 15.8. The molecular weight excluding hydrogens is 376 g/mol. The molecule has 0 saturated carbocycles. The van der Waals surface area contributed by atoms with Gasteiger partial charge in [0.25, 0.3) is 0 Å².